The van der Waals surface area contributed by atoms with E-state index >= 15 is 0 Å². The van der Waals surface area contributed by atoms with Crippen LogP contribution in [0, 0.1) is 11.3 Å². The summed E-state index contributed by atoms with van der Waals surface area (Å²) in [5, 5.41) is 9.31. The molecule has 0 saturated carbocycles. The summed E-state index contributed by atoms with van der Waals surface area (Å²) >= 11 is 0. The fourth-order valence-corrected chi connectivity index (χ4v) is 3.75. The molecule has 2 aliphatic rings. The van der Waals surface area contributed by atoms with Crippen LogP contribution in [0.4, 0.5) is 0 Å². The van der Waals surface area contributed by atoms with Gasteiger partial charge in [0.05, 0.1) is 23.0 Å². The van der Waals surface area contributed by atoms with Gasteiger partial charge < -0.3 is 9.80 Å². The van der Waals surface area contributed by atoms with E-state index in [-0.39, 0.29) is 0 Å². The Morgan fingerprint density at radius 3 is 2.76 bits per heavy atom. The molecule has 3 heterocycles. The predicted octanol–water partition coefficient (Wildman–Crippen LogP) is 2.84. The molecule has 1 aromatic carbocycles. The third-order valence-electron chi connectivity index (χ3n) is 5.33. The normalized spacial score (nSPS) is 20.8. The van der Waals surface area contributed by atoms with Gasteiger partial charge in [0.25, 0.3) is 0 Å². The van der Waals surface area contributed by atoms with Crippen LogP contribution in [0.2, 0.25) is 0 Å². The van der Waals surface area contributed by atoms with Gasteiger partial charge in [0.1, 0.15) is 0 Å². The highest BCUT2D eigenvalue weighted by Crippen LogP contribution is 2.34. The number of hydrogen-bond acceptors (Lipinski definition) is 4. The Morgan fingerprint density at radius 1 is 1.20 bits per heavy atom. The second-order valence-corrected chi connectivity index (χ2v) is 7.02. The molecule has 5 nitrogen and oxygen atoms in total. The lowest BCUT2D eigenvalue weighted by molar-refractivity contribution is 0.206. The van der Waals surface area contributed by atoms with Crippen LogP contribution >= 0.6 is 0 Å². The number of hydrogen-bond donors (Lipinski definition) is 0. The van der Waals surface area contributed by atoms with Gasteiger partial charge in [-0.1, -0.05) is 19.1 Å². The highest BCUT2D eigenvalue weighted by molar-refractivity contribution is 5.64. The Kier molecular flexibility index (Phi) is 4.06. The number of nitriles is 1. The van der Waals surface area contributed by atoms with Crippen molar-refractivity contribution in [1.29, 1.82) is 5.26 Å². The molecule has 2 aliphatic heterocycles. The van der Waals surface area contributed by atoms with Crippen molar-refractivity contribution in [2.45, 2.75) is 19.3 Å². The van der Waals surface area contributed by atoms with Gasteiger partial charge in [-0.2, -0.15) is 5.26 Å². The van der Waals surface area contributed by atoms with Crippen molar-refractivity contribution in [3.63, 3.8) is 0 Å². The van der Waals surface area contributed by atoms with E-state index in [1.54, 1.807) is 0 Å². The van der Waals surface area contributed by atoms with Crippen molar-refractivity contribution < 1.29 is 0 Å². The van der Waals surface area contributed by atoms with E-state index in [9.17, 15) is 5.26 Å². The van der Waals surface area contributed by atoms with E-state index in [4.69, 9.17) is 0 Å². The summed E-state index contributed by atoms with van der Waals surface area (Å²) in [5.41, 5.74) is 4.26. The molecular formula is C20H23N5. The lowest BCUT2D eigenvalue weighted by Crippen LogP contribution is -2.43. The van der Waals surface area contributed by atoms with Crippen LogP contribution in [-0.2, 0) is 0 Å². The zero-order valence-electron chi connectivity index (χ0n) is 14.8. The Labute approximate surface area is 148 Å². The summed E-state index contributed by atoms with van der Waals surface area (Å²) in [6.07, 6.45) is 7.19. The minimum Gasteiger partial charge on any atom is -0.366 e. The smallest absolute Gasteiger partial charge is 0.160 e. The number of rotatable bonds is 1. The van der Waals surface area contributed by atoms with E-state index in [0.717, 1.165) is 44.1 Å². The van der Waals surface area contributed by atoms with Gasteiger partial charge in [-0.05, 0) is 37.1 Å². The highest BCUT2D eigenvalue weighted by atomic mass is 15.3. The van der Waals surface area contributed by atoms with Crippen LogP contribution < -0.4 is 0 Å². The molecule has 0 spiro atoms. The third-order valence-corrected chi connectivity index (χ3v) is 5.33. The monoisotopic (exact) mass is 333 g/mol. The molecule has 1 atom stereocenters. The van der Waals surface area contributed by atoms with Gasteiger partial charge in [0.15, 0.2) is 5.82 Å². The fraction of sp³-hybridized carbons (Fsp3) is 0.400. The standard InChI is InChI=1S/C20H23N5/c1-15-3-6-18(24-11-9-23(2)10-12-24)20-22-7-8-25(20)19-13-16(14-21)4-5-17(15)19/h4-8,13,15H,3,9-12H2,1-2H3. The van der Waals surface area contributed by atoms with Crippen molar-refractivity contribution in [3.8, 4) is 11.8 Å². The Balaban J connectivity index is 1.81. The van der Waals surface area contributed by atoms with Gasteiger partial charge in [-0.3, -0.25) is 4.57 Å². The third kappa shape index (κ3) is 2.83. The van der Waals surface area contributed by atoms with E-state index in [0.29, 0.717) is 11.5 Å². The first kappa shape index (κ1) is 15.9. The van der Waals surface area contributed by atoms with E-state index < -0.39 is 0 Å². The fourth-order valence-electron chi connectivity index (χ4n) is 3.75. The minimum absolute atomic E-state index is 0.403. The second-order valence-electron chi connectivity index (χ2n) is 7.02. The molecule has 0 bridgehead atoms. The molecule has 1 aromatic heterocycles. The van der Waals surface area contributed by atoms with Crippen LogP contribution in [0.3, 0.4) is 0 Å². The van der Waals surface area contributed by atoms with Crippen molar-refractivity contribution in [2.75, 3.05) is 33.2 Å². The van der Waals surface area contributed by atoms with Gasteiger partial charge >= 0.3 is 0 Å². The predicted molar refractivity (Wildman–Crippen MR) is 98.4 cm³/mol. The number of benzene rings is 1. The van der Waals surface area contributed by atoms with Gasteiger partial charge in [-0.25, -0.2) is 4.98 Å². The molecule has 1 fully saturated rings. The van der Waals surface area contributed by atoms with Crippen LogP contribution in [-0.4, -0.2) is 52.6 Å². The van der Waals surface area contributed by atoms with Crippen molar-refractivity contribution in [3.05, 3.63) is 53.6 Å². The topological polar surface area (TPSA) is 48.1 Å². The molecule has 0 aliphatic carbocycles. The van der Waals surface area contributed by atoms with Gasteiger partial charge in [-0.15, -0.1) is 0 Å². The van der Waals surface area contributed by atoms with Crippen LogP contribution in [0.1, 0.15) is 36.2 Å². The summed E-state index contributed by atoms with van der Waals surface area (Å²) in [4.78, 5) is 9.48. The number of piperazine rings is 1. The number of fused-ring (bicyclic) bond motifs is 3. The molecule has 2 aromatic rings. The molecule has 0 amide bonds. The molecule has 0 radical (unpaired) electrons. The van der Waals surface area contributed by atoms with Gasteiger partial charge in [0.2, 0.25) is 0 Å². The summed E-state index contributed by atoms with van der Waals surface area (Å²) in [7, 11) is 2.17. The van der Waals surface area contributed by atoms with Gasteiger partial charge in [0, 0.05) is 38.6 Å². The van der Waals surface area contributed by atoms with Crippen molar-refractivity contribution in [2.24, 2.45) is 0 Å². The summed E-state index contributed by atoms with van der Waals surface area (Å²) < 4.78 is 2.15. The first-order valence-corrected chi connectivity index (χ1v) is 8.89. The Hall–Kier alpha value is -2.58. The molecule has 128 valence electrons. The number of imidazole rings is 1. The van der Waals surface area contributed by atoms with E-state index in [2.05, 4.69) is 51.5 Å². The Bertz CT molecular complexity index is 849. The molecule has 1 saturated heterocycles. The Morgan fingerprint density at radius 2 is 2.00 bits per heavy atom. The summed E-state index contributed by atoms with van der Waals surface area (Å²) in [6.45, 7) is 6.44. The maximum atomic E-state index is 9.31. The molecule has 25 heavy (non-hydrogen) atoms. The van der Waals surface area contributed by atoms with E-state index in [1.807, 2.05) is 24.5 Å². The maximum Gasteiger partial charge on any atom is 0.160 e. The zero-order chi connectivity index (χ0) is 17.4. The molecule has 5 heteroatoms. The molecule has 0 N–H and O–H groups in total. The molecule has 1 unspecified atom stereocenters. The average Bonchev–Trinajstić information content (AvgIpc) is 3.10. The molecule has 4 rings (SSSR count). The number of nitrogens with zero attached hydrogens (tertiary/aromatic N) is 5. The largest absolute Gasteiger partial charge is 0.366 e. The summed E-state index contributed by atoms with van der Waals surface area (Å²) in [6, 6.07) is 8.27. The highest BCUT2D eigenvalue weighted by Gasteiger charge is 2.24. The maximum absolute atomic E-state index is 9.31. The average molecular weight is 333 g/mol. The van der Waals surface area contributed by atoms with Crippen LogP contribution in [0.15, 0.2) is 36.7 Å². The van der Waals surface area contributed by atoms with E-state index in [1.165, 1.54) is 11.3 Å². The number of likely N-dealkylation sites (N-methyl/N-ethyl adjacent to an activating group) is 1. The quantitative estimate of drug-likeness (QED) is 0.805. The first-order valence-electron chi connectivity index (χ1n) is 8.89. The van der Waals surface area contributed by atoms with Crippen molar-refractivity contribution >= 4 is 5.70 Å². The lowest BCUT2D eigenvalue weighted by atomic mass is 9.93. The zero-order valence-corrected chi connectivity index (χ0v) is 14.8. The second kappa shape index (κ2) is 6.38. The molecular weight excluding hydrogens is 310 g/mol. The number of aromatic nitrogens is 2. The lowest BCUT2D eigenvalue weighted by Gasteiger charge is -2.36. The SMILES string of the molecule is CC1CC=C(N2CCN(C)CC2)c2nccn2-c2cc(C#N)ccc21. The first-order chi connectivity index (χ1) is 12.2. The number of allylic oxidation sites excluding steroid dienone is 1. The summed E-state index contributed by atoms with van der Waals surface area (Å²) in [5.74, 6) is 1.38. The van der Waals surface area contributed by atoms with Crippen LogP contribution in [0.5, 0.6) is 0 Å². The van der Waals surface area contributed by atoms with Crippen molar-refractivity contribution in [1.82, 2.24) is 19.4 Å². The van der Waals surface area contributed by atoms with Crippen LogP contribution in [0.25, 0.3) is 11.4 Å². The minimum atomic E-state index is 0.403.